The summed E-state index contributed by atoms with van der Waals surface area (Å²) < 4.78 is 61.5. The van der Waals surface area contributed by atoms with Gasteiger partial charge in [0.05, 0.1) is 23.8 Å². The Hall–Kier alpha value is -3.15. The highest BCUT2D eigenvalue weighted by molar-refractivity contribution is 5.96. The summed E-state index contributed by atoms with van der Waals surface area (Å²) in [6.45, 7) is -0.242. The summed E-state index contributed by atoms with van der Waals surface area (Å²) in [5.41, 5.74) is 0.987. The predicted octanol–water partition coefficient (Wildman–Crippen LogP) is 4.12. The smallest absolute Gasteiger partial charge is 0.379 e. The van der Waals surface area contributed by atoms with Crippen LogP contribution in [0.2, 0.25) is 0 Å². The number of halogens is 4. The van der Waals surface area contributed by atoms with E-state index in [4.69, 9.17) is 4.52 Å². The van der Waals surface area contributed by atoms with Crippen LogP contribution in [0.5, 0.6) is 0 Å². The third kappa shape index (κ3) is 5.18. The van der Waals surface area contributed by atoms with Gasteiger partial charge in [0.15, 0.2) is 0 Å². The fraction of sp³-hybridized carbons (Fsp3) is 0.542. The first-order chi connectivity index (χ1) is 17.2. The average Bonchev–Trinajstić information content (AvgIpc) is 3.37. The number of anilines is 1. The lowest BCUT2D eigenvalue weighted by Crippen LogP contribution is -2.46. The van der Waals surface area contributed by atoms with Gasteiger partial charge in [0.25, 0.3) is 0 Å². The molecular formula is C24H28F4N6O2. The topological polar surface area (TPSA) is 88.2 Å². The summed E-state index contributed by atoms with van der Waals surface area (Å²) in [7, 11) is 1.85. The Labute approximate surface area is 205 Å². The van der Waals surface area contributed by atoms with Gasteiger partial charge < -0.3 is 24.6 Å². The highest BCUT2D eigenvalue weighted by atomic mass is 19.4. The molecule has 1 amide bonds. The summed E-state index contributed by atoms with van der Waals surface area (Å²) in [6.07, 6.45) is -2.32. The third-order valence-electron chi connectivity index (χ3n) is 6.96. The van der Waals surface area contributed by atoms with Crippen molar-refractivity contribution in [2.75, 3.05) is 25.5 Å². The van der Waals surface area contributed by atoms with E-state index in [0.29, 0.717) is 23.0 Å². The number of fused-ring (bicyclic) bond motifs is 1. The zero-order chi connectivity index (χ0) is 25.4. The molecule has 12 heteroatoms. The summed E-state index contributed by atoms with van der Waals surface area (Å²) in [6, 6.07) is 6.07. The minimum absolute atomic E-state index is 0.00263. The number of nitrogens with one attached hydrogen (secondary N) is 2. The van der Waals surface area contributed by atoms with Gasteiger partial charge in [0.1, 0.15) is 12.7 Å². The van der Waals surface area contributed by atoms with E-state index < -0.39 is 24.9 Å². The zero-order valence-corrected chi connectivity index (χ0v) is 19.8. The number of rotatable bonds is 7. The van der Waals surface area contributed by atoms with Gasteiger partial charge in [0.2, 0.25) is 17.6 Å². The molecule has 1 aliphatic carbocycles. The first kappa shape index (κ1) is 24.5. The Balaban J connectivity index is 1.44. The number of carbonyl (C=O) groups is 1. The molecule has 2 N–H and O–H groups in total. The molecule has 2 fully saturated rings. The van der Waals surface area contributed by atoms with Crippen LogP contribution >= 0.6 is 0 Å². The minimum Gasteiger partial charge on any atom is -0.379 e. The molecule has 2 aromatic heterocycles. The monoisotopic (exact) mass is 508 g/mol. The summed E-state index contributed by atoms with van der Waals surface area (Å²) in [5, 5.41) is 10.3. The molecule has 2 aliphatic rings. The molecule has 1 aliphatic heterocycles. The molecule has 8 nitrogen and oxygen atoms in total. The average molecular weight is 509 g/mol. The van der Waals surface area contributed by atoms with Gasteiger partial charge in [-0.15, -0.1) is 0 Å². The van der Waals surface area contributed by atoms with E-state index in [1.165, 1.54) is 0 Å². The number of amides is 1. The predicted molar refractivity (Wildman–Crippen MR) is 125 cm³/mol. The van der Waals surface area contributed by atoms with E-state index >= 15 is 0 Å². The second kappa shape index (κ2) is 9.72. The summed E-state index contributed by atoms with van der Waals surface area (Å²) in [5.74, 6) is -0.0209. The van der Waals surface area contributed by atoms with Gasteiger partial charge in [-0.1, -0.05) is 17.6 Å². The highest BCUT2D eigenvalue weighted by Crippen LogP contribution is 2.35. The fourth-order valence-corrected chi connectivity index (χ4v) is 4.77. The number of benzene rings is 1. The fourth-order valence-electron chi connectivity index (χ4n) is 4.77. The van der Waals surface area contributed by atoms with Gasteiger partial charge in [-0.25, -0.2) is 4.39 Å². The van der Waals surface area contributed by atoms with Crippen LogP contribution < -0.4 is 10.6 Å². The van der Waals surface area contributed by atoms with E-state index in [2.05, 4.69) is 20.8 Å². The van der Waals surface area contributed by atoms with Crippen molar-refractivity contribution >= 4 is 22.5 Å². The minimum atomic E-state index is -4.49. The van der Waals surface area contributed by atoms with Gasteiger partial charge in [-0.3, -0.25) is 4.79 Å². The molecule has 0 bridgehead atoms. The third-order valence-corrected chi connectivity index (χ3v) is 6.96. The number of nitrogens with zero attached hydrogens (tertiary/aromatic N) is 4. The van der Waals surface area contributed by atoms with Crippen LogP contribution in [0.4, 0.5) is 23.2 Å². The SMILES string of the molecule is CN1CC[C@@H](Nc2cccc3c2cc(-c2noc(CNC(=O)C4CCC4)n2)n3CC(F)(F)F)[C@@H](F)C1. The summed E-state index contributed by atoms with van der Waals surface area (Å²) in [4.78, 5) is 18.2. The van der Waals surface area contributed by atoms with Crippen molar-refractivity contribution in [2.45, 2.75) is 57.2 Å². The van der Waals surface area contributed by atoms with Crippen molar-refractivity contribution in [1.82, 2.24) is 24.9 Å². The molecule has 194 valence electrons. The largest absolute Gasteiger partial charge is 0.406 e. The van der Waals surface area contributed by atoms with Gasteiger partial charge in [0, 0.05) is 30.1 Å². The first-order valence-electron chi connectivity index (χ1n) is 12.1. The Bertz CT molecular complexity index is 1240. The molecule has 5 rings (SSSR count). The van der Waals surface area contributed by atoms with Crippen LogP contribution in [0.15, 0.2) is 28.8 Å². The number of alkyl halides is 4. The number of carbonyl (C=O) groups excluding carboxylic acids is 1. The molecule has 1 saturated heterocycles. The van der Waals surface area contributed by atoms with Crippen LogP contribution in [0, 0.1) is 5.92 Å². The molecule has 3 heterocycles. The quantitative estimate of drug-likeness (QED) is 0.467. The van der Waals surface area contributed by atoms with Crippen molar-refractivity contribution in [3.8, 4) is 11.5 Å². The second-order valence-corrected chi connectivity index (χ2v) is 9.64. The number of piperidine rings is 1. The van der Waals surface area contributed by atoms with Gasteiger partial charge in [-0.2, -0.15) is 18.2 Å². The number of likely N-dealkylation sites (tertiary alicyclic amines) is 1. The molecular weight excluding hydrogens is 480 g/mol. The van der Waals surface area contributed by atoms with Crippen molar-refractivity contribution in [3.05, 3.63) is 30.2 Å². The van der Waals surface area contributed by atoms with Crippen LogP contribution in [-0.2, 0) is 17.9 Å². The highest BCUT2D eigenvalue weighted by Gasteiger charge is 2.32. The van der Waals surface area contributed by atoms with Crippen LogP contribution in [0.25, 0.3) is 22.4 Å². The molecule has 3 aromatic rings. The molecule has 1 saturated carbocycles. The Morgan fingerprint density at radius 1 is 1.25 bits per heavy atom. The molecule has 1 aromatic carbocycles. The molecule has 2 atom stereocenters. The summed E-state index contributed by atoms with van der Waals surface area (Å²) >= 11 is 0. The number of hydrogen-bond donors (Lipinski definition) is 2. The van der Waals surface area contributed by atoms with Crippen LogP contribution in [0.1, 0.15) is 31.6 Å². The van der Waals surface area contributed by atoms with E-state index in [-0.39, 0.29) is 42.3 Å². The van der Waals surface area contributed by atoms with Crippen molar-refractivity contribution in [1.29, 1.82) is 0 Å². The Kier molecular flexibility index (Phi) is 6.62. The van der Waals surface area contributed by atoms with E-state index in [0.717, 1.165) is 30.4 Å². The van der Waals surface area contributed by atoms with Gasteiger partial charge in [-0.05, 0) is 44.5 Å². The maximum atomic E-state index is 14.6. The van der Waals surface area contributed by atoms with Crippen LogP contribution in [-0.4, -0.2) is 64.0 Å². The zero-order valence-electron chi connectivity index (χ0n) is 19.8. The van der Waals surface area contributed by atoms with Gasteiger partial charge >= 0.3 is 6.18 Å². The maximum Gasteiger partial charge on any atom is 0.406 e. The van der Waals surface area contributed by atoms with Crippen LogP contribution in [0.3, 0.4) is 0 Å². The molecule has 0 unspecified atom stereocenters. The molecule has 0 spiro atoms. The van der Waals surface area contributed by atoms with E-state index in [1.807, 2.05) is 11.9 Å². The normalized spacial score (nSPS) is 21.5. The molecule has 0 radical (unpaired) electrons. The van der Waals surface area contributed by atoms with Crippen molar-refractivity contribution < 1.29 is 26.9 Å². The van der Waals surface area contributed by atoms with E-state index in [9.17, 15) is 22.4 Å². The number of hydrogen-bond acceptors (Lipinski definition) is 6. The Morgan fingerprint density at radius 2 is 2.06 bits per heavy atom. The maximum absolute atomic E-state index is 14.6. The Morgan fingerprint density at radius 3 is 2.75 bits per heavy atom. The second-order valence-electron chi connectivity index (χ2n) is 9.64. The van der Waals surface area contributed by atoms with E-state index in [1.54, 1.807) is 24.3 Å². The standard InChI is InChI=1S/C24H28F4N6O2/c1-33-9-8-18(16(25)12-33)30-17-6-3-7-19-15(17)10-20(34(19)13-24(26,27)28)22-31-21(36-32-22)11-29-23(35)14-4-2-5-14/h3,6-7,10,14,16,18,30H,2,4-5,8-9,11-13H2,1H3,(H,29,35)/t16-,18+/m0/s1. The molecule has 36 heavy (non-hydrogen) atoms. The van der Waals surface area contributed by atoms with Crippen molar-refractivity contribution in [2.24, 2.45) is 5.92 Å². The lowest BCUT2D eigenvalue weighted by Gasteiger charge is -2.33. The number of aromatic nitrogens is 3. The first-order valence-corrected chi connectivity index (χ1v) is 12.1. The van der Waals surface area contributed by atoms with Crippen molar-refractivity contribution in [3.63, 3.8) is 0 Å². The lowest BCUT2D eigenvalue weighted by atomic mass is 9.85. The lowest BCUT2D eigenvalue weighted by molar-refractivity contribution is -0.139.